The van der Waals surface area contributed by atoms with Gasteiger partial charge < -0.3 is 15.2 Å². The maximum atomic E-state index is 5.89. The Bertz CT molecular complexity index is 483. The molecule has 1 aromatic carbocycles. The van der Waals surface area contributed by atoms with Crippen molar-refractivity contribution in [1.82, 2.24) is 4.90 Å². The highest BCUT2D eigenvalue weighted by Gasteiger charge is 2.32. The van der Waals surface area contributed by atoms with Crippen LogP contribution in [-0.2, 0) is 6.54 Å². The molecule has 2 N–H and O–H groups in total. The van der Waals surface area contributed by atoms with Crippen molar-refractivity contribution < 1.29 is 9.47 Å². The van der Waals surface area contributed by atoms with E-state index >= 15 is 0 Å². The molecule has 0 radical (unpaired) electrons. The molecule has 3 rings (SSSR count). The van der Waals surface area contributed by atoms with Crippen LogP contribution < -0.4 is 15.2 Å². The number of likely N-dealkylation sites (tertiary alicyclic amines) is 1. The molecule has 0 aliphatic carbocycles. The lowest BCUT2D eigenvalue weighted by atomic mass is 9.90. The van der Waals surface area contributed by atoms with Crippen LogP contribution in [0.15, 0.2) is 18.2 Å². The van der Waals surface area contributed by atoms with Crippen LogP contribution in [0.25, 0.3) is 0 Å². The Morgan fingerprint density at radius 3 is 2.86 bits per heavy atom. The molecule has 1 fully saturated rings. The largest absolute Gasteiger partial charge is 0.490 e. The van der Waals surface area contributed by atoms with Crippen molar-refractivity contribution in [3.8, 4) is 11.5 Å². The standard InChI is InChI=1S/C16H24N2O2.ClH/c1-16(11-17)6-7-18(12-16)10-13-4-2-5-14-15(13)20-9-3-8-19-14;/h2,4-5H,3,6-12,17H2,1H3;1H. The maximum absolute atomic E-state index is 5.89. The smallest absolute Gasteiger partial charge is 0.165 e. The summed E-state index contributed by atoms with van der Waals surface area (Å²) in [6, 6.07) is 6.20. The van der Waals surface area contributed by atoms with Crippen LogP contribution in [0, 0.1) is 5.41 Å². The van der Waals surface area contributed by atoms with Gasteiger partial charge in [0.05, 0.1) is 13.2 Å². The second-order valence-electron chi connectivity index (χ2n) is 6.27. The van der Waals surface area contributed by atoms with Crippen molar-refractivity contribution in [2.45, 2.75) is 26.3 Å². The third-order valence-corrected chi connectivity index (χ3v) is 4.38. The zero-order valence-electron chi connectivity index (χ0n) is 12.6. The van der Waals surface area contributed by atoms with Crippen LogP contribution in [0.5, 0.6) is 11.5 Å². The van der Waals surface area contributed by atoms with Gasteiger partial charge in [0.15, 0.2) is 11.5 Å². The third kappa shape index (κ3) is 3.62. The van der Waals surface area contributed by atoms with Gasteiger partial charge in [0, 0.05) is 25.1 Å². The number of hydrogen-bond acceptors (Lipinski definition) is 4. The van der Waals surface area contributed by atoms with Gasteiger partial charge in [-0.1, -0.05) is 19.1 Å². The minimum absolute atomic E-state index is 0. The molecule has 0 bridgehead atoms. The van der Waals surface area contributed by atoms with Gasteiger partial charge in [-0.2, -0.15) is 0 Å². The SMILES string of the molecule is CC1(CN)CCN(Cc2cccc3c2OCCCO3)C1.Cl. The second-order valence-corrected chi connectivity index (χ2v) is 6.27. The van der Waals surface area contributed by atoms with Crippen molar-refractivity contribution in [2.75, 3.05) is 32.8 Å². The maximum Gasteiger partial charge on any atom is 0.165 e. The summed E-state index contributed by atoms with van der Waals surface area (Å²) in [5.41, 5.74) is 7.38. The number of fused-ring (bicyclic) bond motifs is 1. The van der Waals surface area contributed by atoms with E-state index in [0.29, 0.717) is 0 Å². The monoisotopic (exact) mass is 312 g/mol. The molecule has 0 saturated carbocycles. The molecule has 1 atom stereocenters. The Labute approximate surface area is 133 Å². The van der Waals surface area contributed by atoms with Gasteiger partial charge in [0.1, 0.15) is 0 Å². The van der Waals surface area contributed by atoms with E-state index < -0.39 is 0 Å². The highest BCUT2D eigenvalue weighted by Crippen LogP contribution is 2.36. The van der Waals surface area contributed by atoms with E-state index in [1.165, 1.54) is 12.0 Å². The van der Waals surface area contributed by atoms with Crippen LogP contribution in [0.4, 0.5) is 0 Å². The van der Waals surface area contributed by atoms with Crippen molar-refractivity contribution in [1.29, 1.82) is 0 Å². The van der Waals surface area contributed by atoms with Gasteiger partial charge in [0.2, 0.25) is 0 Å². The van der Waals surface area contributed by atoms with E-state index in [0.717, 1.165) is 57.3 Å². The number of ether oxygens (including phenoxy) is 2. The Morgan fingerprint density at radius 2 is 2.10 bits per heavy atom. The summed E-state index contributed by atoms with van der Waals surface area (Å²) in [4.78, 5) is 2.47. The van der Waals surface area contributed by atoms with Gasteiger partial charge in [-0.15, -0.1) is 12.4 Å². The van der Waals surface area contributed by atoms with E-state index in [1.54, 1.807) is 0 Å². The molecule has 2 aliphatic heterocycles. The van der Waals surface area contributed by atoms with Crippen molar-refractivity contribution in [2.24, 2.45) is 11.1 Å². The number of para-hydroxylation sites is 1. The molecule has 2 aliphatic rings. The molecule has 5 heteroatoms. The molecular weight excluding hydrogens is 288 g/mol. The highest BCUT2D eigenvalue weighted by atomic mass is 35.5. The zero-order chi connectivity index (χ0) is 14.0. The predicted octanol–water partition coefficient (Wildman–Crippen LogP) is 2.44. The van der Waals surface area contributed by atoms with Crippen molar-refractivity contribution in [3.05, 3.63) is 23.8 Å². The molecule has 2 heterocycles. The number of halogens is 1. The predicted molar refractivity (Wildman–Crippen MR) is 86.4 cm³/mol. The molecule has 1 saturated heterocycles. The summed E-state index contributed by atoms with van der Waals surface area (Å²) in [6.45, 7) is 7.61. The Morgan fingerprint density at radius 1 is 1.29 bits per heavy atom. The minimum atomic E-state index is 0. The van der Waals surface area contributed by atoms with Crippen molar-refractivity contribution in [3.63, 3.8) is 0 Å². The fourth-order valence-corrected chi connectivity index (χ4v) is 3.05. The summed E-state index contributed by atoms with van der Waals surface area (Å²) in [5, 5.41) is 0. The highest BCUT2D eigenvalue weighted by molar-refractivity contribution is 5.85. The Hall–Kier alpha value is -0.970. The summed E-state index contributed by atoms with van der Waals surface area (Å²) in [6.07, 6.45) is 2.12. The molecule has 21 heavy (non-hydrogen) atoms. The molecule has 118 valence electrons. The van der Waals surface area contributed by atoms with Crippen LogP contribution in [-0.4, -0.2) is 37.7 Å². The summed E-state index contributed by atoms with van der Waals surface area (Å²) < 4.78 is 11.6. The van der Waals surface area contributed by atoms with E-state index in [9.17, 15) is 0 Å². The van der Waals surface area contributed by atoms with Crippen LogP contribution in [0.3, 0.4) is 0 Å². The van der Waals surface area contributed by atoms with Crippen LogP contribution in [0.1, 0.15) is 25.3 Å². The molecule has 1 unspecified atom stereocenters. The Kier molecular flexibility index (Phi) is 5.36. The molecule has 1 aromatic rings. The summed E-state index contributed by atoms with van der Waals surface area (Å²) in [5.74, 6) is 1.83. The normalized spacial score (nSPS) is 25.2. The number of hydrogen-bond donors (Lipinski definition) is 1. The average Bonchev–Trinajstić information content (AvgIpc) is 2.68. The lowest BCUT2D eigenvalue weighted by Crippen LogP contribution is -2.31. The number of benzene rings is 1. The number of nitrogens with zero attached hydrogens (tertiary/aromatic N) is 1. The van der Waals surface area contributed by atoms with Crippen LogP contribution in [0.2, 0.25) is 0 Å². The third-order valence-electron chi connectivity index (χ3n) is 4.38. The molecule has 4 nitrogen and oxygen atoms in total. The summed E-state index contributed by atoms with van der Waals surface area (Å²) >= 11 is 0. The lowest BCUT2D eigenvalue weighted by Gasteiger charge is -2.23. The molecule has 0 spiro atoms. The quantitative estimate of drug-likeness (QED) is 0.931. The number of rotatable bonds is 3. The van der Waals surface area contributed by atoms with E-state index in [2.05, 4.69) is 24.0 Å². The minimum Gasteiger partial charge on any atom is -0.490 e. The topological polar surface area (TPSA) is 47.7 Å². The first-order valence-corrected chi connectivity index (χ1v) is 7.50. The lowest BCUT2D eigenvalue weighted by molar-refractivity contribution is 0.265. The zero-order valence-corrected chi connectivity index (χ0v) is 13.5. The first-order valence-electron chi connectivity index (χ1n) is 7.50. The van der Waals surface area contributed by atoms with Gasteiger partial charge >= 0.3 is 0 Å². The second kappa shape index (κ2) is 6.86. The Balaban J connectivity index is 0.00000161. The average molecular weight is 313 g/mol. The molecular formula is C16H25ClN2O2. The van der Waals surface area contributed by atoms with Crippen LogP contribution >= 0.6 is 12.4 Å². The van der Waals surface area contributed by atoms with E-state index in [-0.39, 0.29) is 17.8 Å². The van der Waals surface area contributed by atoms with Gasteiger partial charge in [0.25, 0.3) is 0 Å². The van der Waals surface area contributed by atoms with Gasteiger partial charge in [-0.25, -0.2) is 0 Å². The van der Waals surface area contributed by atoms with E-state index in [4.69, 9.17) is 15.2 Å². The van der Waals surface area contributed by atoms with E-state index in [1.807, 2.05) is 6.07 Å². The fourth-order valence-electron chi connectivity index (χ4n) is 3.05. The van der Waals surface area contributed by atoms with Crippen molar-refractivity contribution >= 4 is 12.4 Å². The molecule has 0 amide bonds. The first kappa shape index (κ1) is 16.4. The van der Waals surface area contributed by atoms with Gasteiger partial charge in [-0.3, -0.25) is 4.90 Å². The first-order chi connectivity index (χ1) is 9.70. The molecule has 0 aromatic heterocycles. The van der Waals surface area contributed by atoms with Gasteiger partial charge in [-0.05, 0) is 31.0 Å². The summed E-state index contributed by atoms with van der Waals surface area (Å²) in [7, 11) is 0. The number of nitrogens with two attached hydrogens (primary N) is 1. The fraction of sp³-hybridized carbons (Fsp3) is 0.625.